The topological polar surface area (TPSA) is 54.5 Å². The summed E-state index contributed by atoms with van der Waals surface area (Å²) in [5, 5.41) is 3.17. The zero-order valence-corrected chi connectivity index (χ0v) is 11.3. The average molecular weight is 251 g/mol. The van der Waals surface area contributed by atoms with Crippen LogP contribution in [0.2, 0.25) is 0 Å². The van der Waals surface area contributed by atoms with Crippen molar-refractivity contribution in [3.63, 3.8) is 0 Å². The monoisotopic (exact) mass is 251 g/mol. The highest BCUT2D eigenvalue weighted by Gasteiger charge is 2.11. The third-order valence-electron chi connectivity index (χ3n) is 2.83. The molecule has 18 heavy (non-hydrogen) atoms. The summed E-state index contributed by atoms with van der Waals surface area (Å²) in [6, 6.07) is 3.43. The van der Waals surface area contributed by atoms with E-state index in [1.165, 1.54) is 7.11 Å². The molecule has 0 spiro atoms. The summed E-state index contributed by atoms with van der Waals surface area (Å²) in [5.41, 5.74) is 0.472. The van der Waals surface area contributed by atoms with Gasteiger partial charge in [0.15, 0.2) is 0 Å². The number of rotatable bonds is 7. The van der Waals surface area contributed by atoms with Gasteiger partial charge in [-0.25, -0.2) is 9.78 Å². The fourth-order valence-electron chi connectivity index (χ4n) is 1.69. The zero-order valence-electron chi connectivity index (χ0n) is 11.3. The molecule has 0 aliphatic rings. The fraction of sp³-hybridized carbons (Fsp3) is 0.538. The van der Waals surface area contributed by atoms with Crippen molar-refractivity contribution >= 4 is 11.8 Å². The number of carbonyl (C=O) groups is 1. The van der Waals surface area contributed by atoms with E-state index in [-0.39, 0.29) is 5.97 Å². The zero-order chi connectivity index (χ0) is 13.4. The average Bonchev–Trinajstić information content (AvgIpc) is 2.43. The van der Waals surface area contributed by atoms with Crippen LogP contribution in [0.15, 0.2) is 18.3 Å². The van der Waals surface area contributed by atoms with Crippen molar-refractivity contribution in [2.75, 3.05) is 38.6 Å². The highest BCUT2D eigenvalue weighted by molar-refractivity contribution is 5.94. The van der Waals surface area contributed by atoms with E-state index < -0.39 is 0 Å². The lowest BCUT2D eigenvalue weighted by Crippen LogP contribution is -2.29. The van der Waals surface area contributed by atoms with Crippen LogP contribution in [0.25, 0.3) is 0 Å². The lowest BCUT2D eigenvalue weighted by Gasteiger charge is -2.18. The van der Waals surface area contributed by atoms with Crippen LogP contribution >= 0.6 is 0 Å². The van der Waals surface area contributed by atoms with E-state index in [0.29, 0.717) is 11.4 Å². The molecule has 0 unspecified atom stereocenters. The Morgan fingerprint density at radius 2 is 2.17 bits per heavy atom. The molecule has 0 aromatic carbocycles. The van der Waals surface area contributed by atoms with Crippen LogP contribution in [0.5, 0.6) is 0 Å². The summed E-state index contributed by atoms with van der Waals surface area (Å²) in [5.74, 6) is 0.213. The van der Waals surface area contributed by atoms with Gasteiger partial charge in [0.05, 0.1) is 7.11 Å². The Bertz CT molecular complexity index is 378. The van der Waals surface area contributed by atoms with E-state index in [9.17, 15) is 4.79 Å². The van der Waals surface area contributed by atoms with Gasteiger partial charge in [-0.2, -0.15) is 0 Å². The summed E-state index contributed by atoms with van der Waals surface area (Å²) >= 11 is 0. The molecule has 0 atom stereocenters. The highest BCUT2D eigenvalue weighted by atomic mass is 16.5. The number of ether oxygens (including phenoxy) is 1. The molecule has 1 N–H and O–H groups in total. The number of carbonyl (C=O) groups excluding carboxylic acids is 1. The smallest absolute Gasteiger partial charge is 0.341 e. The summed E-state index contributed by atoms with van der Waals surface area (Å²) in [7, 11) is 1.37. The lowest BCUT2D eigenvalue weighted by molar-refractivity contribution is 0.0601. The molecule has 0 saturated carbocycles. The van der Waals surface area contributed by atoms with E-state index >= 15 is 0 Å². The molecular formula is C13H21N3O2. The van der Waals surface area contributed by atoms with Crippen molar-refractivity contribution < 1.29 is 9.53 Å². The number of pyridine rings is 1. The second-order valence-electron chi connectivity index (χ2n) is 3.84. The summed E-state index contributed by atoms with van der Waals surface area (Å²) in [4.78, 5) is 18.0. The van der Waals surface area contributed by atoms with Gasteiger partial charge in [-0.05, 0) is 25.2 Å². The number of nitrogens with zero attached hydrogens (tertiary/aromatic N) is 2. The van der Waals surface area contributed by atoms with Crippen LogP contribution in [-0.4, -0.2) is 49.1 Å². The van der Waals surface area contributed by atoms with E-state index in [2.05, 4.69) is 29.0 Å². The number of aromatic nitrogens is 1. The normalized spacial score (nSPS) is 10.4. The largest absolute Gasteiger partial charge is 0.465 e. The van der Waals surface area contributed by atoms with Crippen molar-refractivity contribution in [3.05, 3.63) is 23.9 Å². The third-order valence-corrected chi connectivity index (χ3v) is 2.83. The number of nitrogens with one attached hydrogen (secondary N) is 1. The van der Waals surface area contributed by atoms with Gasteiger partial charge in [-0.15, -0.1) is 0 Å². The molecule has 0 bridgehead atoms. The molecule has 1 rings (SSSR count). The Kier molecular flexibility index (Phi) is 6.14. The SMILES string of the molecule is CCN(CC)CCNc1ncccc1C(=O)OC. The predicted octanol–water partition coefficient (Wildman–Crippen LogP) is 1.62. The Balaban J connectivity index is 2.59. The number of hydrogen-bond donors (Lipinski definition) is 1. The maximum atomic E-state index is 11.5. The Morgan fingerprint density at radius 1 is 1.44 bits per heavy atom. The van der Waals surface area contributed by atoms with Crippen molar-refractivity contribution in [1.82, 2.24) is 9.88 Å². The number of esters is 1. The first-order valence-corrected chi connectivity index (χ1v) is 6.22. The second-order valence-corrected chi connectivity index (χ2v) is 3.84. The molecule has 0 fully saturated rings. The van der Waals surface area contributed by atoms with Crippen molar-refractivity contribution in [3.8, 4) is 0 Å². The molecule has 1 heterocycles. The van der Waals surface area contributed by atoms with Gasteiger partial charge in [0.2, 0.25) is 0 Å². The highest BCUT2D eigenvalue weighted by Crippen LogP contribution is 2.12. The Morgan fingerprint density at radius 3 is 2.78 bits per heavy atom. The third kappa shape index (κ3) is 4.00. The first kappa shape index (κ1) is 14.4. The van der Waals surface area contributed by atoms with Gasteiger partial charge in [-0.1, -0.05) is 13.8 Å². The summed E-state index contributed by atoms with van der Waals surface area (Å²) in [6.07, 6.45) is 1.66. The molecular weight excluding hydrogens is 230 g/mol. The van der Waals surface area contributed by atoms with Crippen molar-refractivity contribution in [2.24, 2.45) is 0 Å². The van der Waals surface area contributed by atoms with E-state index in [1.807, 2.05) is 0 Å². The van der Waals surface area contributed by atoms with Crippen LogP contribution in [-0.2, 0) is 4.74 Å². The molecule has 5 nitrogen and oxygen atoms in total. The second kappa shape index (κ2) is 7.66. The number of methoxy groups -OCH3 is 1. The lowest BCUT2D eigenvalue weighted by atomic mass is 10.2. The molecule has 5 heteroatoms. The molecule has 0 amide bonds. The molecule has 1 aromatic heterocycles. The maximum absolute atomic E-state index is 11.5. The molecule has 100 valence electrons. The minimum absolute atomic E-state index is 0.367. The minimum atomic E-state index is -0.367. The molecule has 0 aliphatic carbocycles. The first-order chi connectivity index (χ1) is 8.72. The van der Waals surface area contributed by atoms with Crippen LogP contribution < -0.4 is 5.32 Å². The van der Waals surface area contributed by atoms with Gasteiger partial charge >= 0.3 is 5.97 Å². The molecule has 0 aliphatic heterocycles. The standard InChI is InChI=1S/C13H21N3O2/c1-4-16(5-2)10-9-15-12-11(13(17)18-3)7-6-8-14-12/h6-8H,4-5,9-10H2,1-3H3,(H,14,15). The van der Waals surface area contributed by atoms with E-state index in [1.54, 1.807) is 18.3 Å². The predicted molar refractivity (Wildman–Crippen MR) is 71.9 cm³/mol. The number of hydrogen-bond acceptors (Lipinski definition) is 5. The van der Waals surface area contributed by atoms with E-state index in [0.717, 1.165) is 26.2 Å². The van der Waals surface area contributed by atoms with Crippen LogP contribution in [0.1, 0.15) is 24.2 Å². The minimum Gasteiger partial charge on any atom is -0.465 e. The van der Waals surface area contributed by atoms with Crippen LogP contribution in [0.3, 0.4) is 0 Å². The van der Waals surface area contributed by atoms with E-state index in [4.69, 9.17) is 4.74 Å². The molecule has 0 radical (unpaired) electrons. The quantitative estimate of drug-likeness (QED) is 0.746. The molecule has 0 saturated heterocycles. The van der Waals surface area contributed by atoms with Gasteiger partial charge in [0, 0.05) is 19.3 Å². The van der Waals surface area contributed by atoms with Gasteiger partial charge in [0.1, 0.15) is 11.4 Å². The van der Waals surface area contributed by atoms with Gasteiger partial charge < -0.3 is 15.0 Å². The molecule has 1 aromatic rings. The number of anilines is 1. The van der Waals surface area contributed by atoms with Crippen LogP contribution in [0, 0.1) is 0 Å². The maximum Gasteiger partial charge on any atom is 0.341 e. The Hall–Kier alpha value is -1.62. The summed E-state index contributed by atoms with van der Waals surface area (Å²) in [6.45, 7) is 7.97. The number of likely N-dealkylation sites (N-methyl/N-ethyl adjacent to an activating group) is 1. The van der Waals surface area contributed by atoms with Gasteiger partial charge in [0.25, 0.3) is 0 Å². The van der Waals surface area contributed by atoms with Gasteiger partial charge in [-0.3, -0.25) is 0 Å². The Labute approximate surface area is 108 Å². The fourth-order valence-corrected chi connectivity index (χ4v) is 1.69. The van der Waals surface area contributed by atoms with Crippen molar-refractivity contribution in [1.29, 1.82) is 0 Å². The first-order valence-electron chi connectivity index (χ1n) is 6.22. The van der Waals surface area contributed by atoms with Crippen molar-refractivity contribution in [2.45, 2.75) is 13.8 Å². The van der Waals surface area contributed by atoms with Crippen LogP contribution in [0.4, 0.5) is 5.82 Å². The summed E-state index contributed by atoms with van der Waals surface area (Å²) < 4.78 is 4.72.